The van der Waals surface area contributed by atoms with Gasteiger partial charge in [0.2, 0.25) is 11.8 Å². The normalized spacial score (nSPS) is 25.9. The Morgan fingerprint density at radius 3 is 2.43 bits per heavy atom. The van der Waals surface area contributed by atoms with E-state index in [9.17, 15) is 0 Å². The molecule has 3 saturated heterocycles. The van der Waals surface area contributed by atoms with E-state index in [-0.39, 0.29) is 10.4 Å². The second kappa shape index (κ2) is 13.4. The first kappa shape index (κ1) is 28.9. The zero-order valence-corrected chi connectivity index (χ0v) is 25.4. The molecule has 10 nitrogen and oxygen atoms in total. The van der Waals surface area contributed by atoms with Gasteiger partial charge in [-0.25, -0.2) is 9.97 Å². The standard InChI is InChI=1S/C30H40N8O2.C2H6.3H2/c1-20-14-26-27(31-16-20)15-28(37-10-12-39-13-11-37)36-29(26)40-25-6-4-21(5-7-25)35-30-32-17-24(18-33-30)38-9-8-22-2-3-23(19-38)34-22;1-2;;;/h14-18,21-23,25,34H,2-13,19H2,1H3,(H,32,33,35);1-2H3;3*1H. The maximum Gasteiger partial charge on any atom is 0.225 e. The first-order valence-electron chi connectivity index (χ1n) is 16.0. The molecule has 3 aliphatic heterocycles. The van der Waals surface area contributed by atoms with E-state index in [0.29, 0.717) is 24.0 Å². The Labute approximate surface area is 254 Å². The molecule has 0 radical (unpaired) electrons. The van der Waals surface area contributed by atoms with Crippen molar-refractivity contribution in [3.05, 3.63) is 36.3 Å². The van der Waals surface area contributed by atoms with Crippen LogP contribution in [-0.4, -0.2) is 83.6 Å². The van der Waals surface area contributed by atoms with E-state index >= 15 is 0 Å². The molecule has 2 N–H and O–H groups in total. The molecular formula is C32H52N8O2. The van der Waals surface area contributed by atoms with Crippen LogP contribution in [0.25, 0.3) is 10.9 Å². The lowest BCUT2D eigenvalue weighted by molar-refractivity contribution is 0.122. The van der Waals surface area contributed by atoms with Crippen molar-refractivity contribution in [3.63, 3.8) is 0 Å². The van der Waals surface area contributed by atoms with Gasteiger partial charge in [-0.15, -0.1) is 0 Å². The van der Waals surface area contributed by atoms with Crippen molar-refractivity contribution in [3.8, 4) is 5.88 Å². The molecule has 4 fully saturated rings. The van der Waals surface area contributed by atoms with Crippen LogP contribution in [0.3, 0.4) is 0 Å². The van der Waals surface area contributed by atoms with Crippen LogP contribution in [-0.2, 0) is 4.74 Å². The van der Waals surface area contributed by atoms with Gasteiger partial charge in [0.05, 0.1) is 42.2 Å². The number of pyridine rings is 2. The minimum absolute atomic E-state index is 0. The van der Waals surface area contributed by atoms with E-state index < -0.39 is 0 Å². The Bertz CT molecular complexity index is 1320. The molecule has 2 bridgehead atoms. The Kier molecular flexibility index (Phi) is 9.19. The molecule has 0 amide bonds. The molecule has 2 unspecified atom stereocenters. The minimum atomic E-state index is 0. The quantitative estimate of drug-likeness (QED) is 0.391. The largest absolute Gasteiger partial charge is 0.474 e. The van der Waals surface area contributed by atoms with E-state index in [1.54, 1.807) is 0 Å². The third kappa shape index (κ3) is 6.70. The molecule has 1 saturated carbocycles. The summed E-state index contributed by atoms with van der Waals surface area (Å²) >= 11 is 0. The molecule has 232 valence electrons. The van der Waals surface area contributed by atoms with Gasteiger partial charge in [-0.3, -0.25) is 4.98 Å². The predicted octanol–water partition coefficient (Wildman–Crippen LogP) is 5.46. The summed E-state index contributed by atoms with van der Waals surface area (Å²) in [5, 5.41) is 8.30. The van der Waals surface area contributed by atoms with Crippen LogP contribution in [0.1, 0.15) is 68.6 Å². The number of ether oxygens (including phenoxy) is 2. The highest BCUT2D eigenvalue weighted by atomic mass is 16.5. The third-order valence-corrected chi connectivity index (χ3v) is 8.91. The highest BCUT2D eigenvalue weighted by Crippen LogP contribution is 2.32. The van der Waals surface area contributed by atoms with Crippen LogP contribution in [0, 0.1) is 6.92 Å². The number of rotatable bonds is 6. The first-order chi connectivity index (χ1) is 20.7. The van der Waals surface area contributed by atoms with Crippen LogP contribution in [0.2, 0.25) is 0 Å². The highest BCUT2D eigenvalue weighted by molar-refractivity contribution is 5.86. The lowest BCUT2D eigenvalue weighted by Gasteiger charge is -2.31. The number of aromatic nitrogens is 4. The number of nitrogens with zero attached hydrogens (tertiary/aromatic N) is 6. The van der Waals surface area contributed by atoms with Gasteiger partial charge < -0.3 is 29.9 Å². The maximum absolute atomic E-state index is 6.59. The van der Waals surface area contributed by atoms with Crippen molar-refractivity contribution in [1.82, 2.24) is 25.3 Å². The van der Waals surface area contributed by atoms with Crippen LogP contribution < -0.4 is 25.2 Å². The smallest absolute Gasteiger partial charge is 0.225 e. The maximum atomic E-state index is 6.59. The lowest BCUT2D eigenvalue weighted by Crippen LogP contribution is -2.37. The number of nitrogens with one attached hydrogen (secondary N) is 2. The zero-order chi connectivity index (χ0) is 28.9. The number of anilines is 3. The van der Waals surface area contributed by atoms with Crippen molar-refractivity contribution in [2.45, 2.75) is 89.9 Å². The molecular weight excluding hydrogens is 528 g/mol. The van der Waals surface area contributed by atoms with Crippen LogP contribution in [0.5, 0.6) is 5.88 Å². The summed E-state index contributed by atoms with van der Waals surface area (Å²) in [6.45, 7) is 11.3. The van der Waals surface area contributed by atoms with Gasteiger partial charge in [0.25, 0.3) is 0 Å². The summed E-state index contributed by atoms with van der Waals surface area (Å²) in [5.74, 6) is 2.33. The molecule has 3 aromatic rings. The number of hydrogen-bond donors (Lipinski definition) is 2. The van der Waals surface area contributed by atoms with Gasteiger partial charge in [-0.05, 0) is 63.5 Å². The number of fused-ring (bicyclic) bond motifs is 3. The summed E-state index contributed by atoms with van der Waals surface area (Å²) in [4.78, 5) is 23.7. The van der Waals surface area contributed by atoms with Crippen LogP contribution in [0.4, 0.5) is 17.5 Å². The fourth-order valence-electron chi connectivity index (χ4n) is 6.63. The zero-order valence-electron chi connectivity index (χ0n) is 25.4. The minimum Gasteiger partial charge on any atom is -0.474 e. The van der Waals surface area contributed by atoms with E-state index in [1.165, 1.54) is 19.3 Å². The molecule has 42 heavy (non-hydrogen) atoms. The highest BCUT2D eigenvalue weighted by Gasteiger charge is 2.30. The van der Waals surface area contributed by atoms with Crippen molar-refractivity contribution < 1.29 is 13.8 Å². The van der Waals surface area contributed by atoms with Gasteiger partial charge in [-0.1, -0.05) is 13.8 Å². The molecule has 0 spiro atoms. The predicted molar refractivity (Wildman–Crippen MR) is 174 cm³/mol. The molecule has 6 heterocycles. The van der Waals surface area contributed by atoms with Crippen LogP contribution >= 0.6 is 0 Å². The second-order valence-corrected chi connectivity index (χ2v) is 11.8. The Morgan fingerprint density at radius 2 is 1.64 bits per heavy atom. The summed E-state index contributed by atoms with van der Waals surface area (Å²) in [5.41, 5.74) is 3.16. The fraction of sp³-hybridized carbons (Fsp3) is 0.625. The molecule has 4 aliphatic rings. The Morgan fingerprint density at radius 1 is 0.881 bits per heavy atom. The lowest BCUT2D eigenvalue weighted by atomic mass is 9.93. The van der Waals surface area contributed by atoms with Gasteiger partial charge in [0.1, 0.15) is 11.9 Å². The van der Waals surface area contributed by atoms with Gasteiger partial charge in [0, 0.05) is 60.8 Å². The van der Waals surface area contributed by atoms with Gasteiger partial charge in [-0.2, -0.15) is 4.98 Å². The average molecular weight is 581 g/mol. The Hall–Kier alpha value is -3.24. The summed E-state index contributed by atoms with van der Waals surface area (Å²) in [6.07, 6.45) is 13.7. The van der Waals surface area contributed by atoms with E-state index in [1.807, 2.05) is 32.4 Å². The van der Waals surface area contributed by atoms with Crippen molar-refractivity contribution in [2.75, 3.05) is 54.5 Å². The third-order valence-electron chi connectivity index (χ3n) is 8.91. The summed E-state index contributed by atoms with van der Waals surface area (Å²) < 4.78 is 12.1. The van der Waals surface area contributed by atoms with Crippen molar-refractivity contribution in [2.24, 2.45) is 0 Å². The second-order valence-electron chi connectivity index (χ2n) is 11.8. The molecule has 3 aromatic heterocycles. The number of hydrogen-bond acceptors (Lipinski definition) is 10. The number of morpholine rings is 1. The van der Waals surface area contributed by atoms with Gasteiger partial charge in [0.15, 0.2) is 0 Å². The average Bonchev–Trinajstić information content (AvgIpc) is 3.38. The first-order valence-corrected chi connectivity index (χ1v) is 16.0. The molecule has 0 aromatic carbocycles. The molecule has 1 aliphatic carbocycles. The Balaban J connectivity index is 0.00000108. The van der Waals surface area contributed by atoms with E-state index in [4.69, 9.17) is 19.4 Å². The summed E-state index contributed by atoms with van der Waals surface area (Å²) in [6, 6.07) is 5.83. The fourth-order valence-corrected chi connectivity index (χ4v) is 6.63. The number of aryl methyl sites for hydroxylation is 1. The SMILES string of the molecule is CC.Cc1cnc2cc(N3CCOCC3)nc(OC3CCC(Nc4ncc(N5CCC6CCC(C5)N6)cn4)CC3)c2c1.[HH].[HH].[HH]. The van der Waals surface area contributed by atoms with Crippen LogP contribution in [0.15, 0.2) is 30.7 Å². The molecule has 7 rings (SSSR count). The van der Waals surface area contributed by atoms with Gasteiger partial charge >= 0.3 is 0 Å². The van der Waals surface area contributed by atoms with Crippen molar-refractivity contribution >= 4 is 28.4 Å². The molecule has 10 heteroatoms. The van der Waals surface area contributed by atoms with E-state index in [2.05, 4.69) is 49.5 Å². The summed E-state index contributed by atoms with van der Waals surface area (Å²) in [7, 11) is 0. The monoisotopic (exact) mass is 580 g/mol. The topological polar surface area (TPSA) is 101 Å². The van der Waals surface area contributed by atoms with Crippen molar-refractivity contribution in [1.29, 1.82) is 0 Å². The van der Waals surface area contributed by atoms with E-state index in [0.717, 1.165) is 99.0 Å². The molecule has 2 atom stereocenters.